The molecular weight excluding hydrogens is 258 g/mol. The summed E-state index contributed by atoms with van der Waals surface area (Å²) < 4.78 is 26.2. The Balaban J connectivity index is 2.31. The average molecular weight is 276 g/mol. The van der Waals surface area contributed by atoms with Crippen molar-refractivity contribution < 1.29 is 8.78 Å². The van der Waals surface area contributed by atoms with E-state index in [0.717, 1.165) is 22.8 Å². The lowest BCUT2D eigenvalue weighted by atomic mass is 9.92. The Morgan fingerprint density at radius 2 is 1.70 bits per heavy atom. The van der Waals surface area contributed by atoms with Gasteiger partial charge in [-0.25, -0.2) is 8.78 Å². The van der Waals surface area contributed by atoms with Gasteiger partial charge >= 0.3 is 0 Å². The van der Waals surface area contributed by atoms with Crippen LogP contribution in [-0.2, 0) is 6.42 Å². The monoisotopic (exact) mass is 276 g/mol. The molecule has 0 aromatic heterocycles. The third kappa shape index (κ3) is 3.03. The molecule has 2 rings (SSSR count). The van der Waals surface area contributed by atoms with E-state index in [4.69, 9.17) is 5.84 Å². The van der Waals surface area contributed by atoms with Crippen molar-refractivity contribution in [1.82, 2.24) is 5.43 Å². The molecule has 106 valence electrons. The van der Waals surface area contributed by atoms with Gasteiger partial charge in [0.1, 0.15) is 0 Å². The first-order valence-electron chi connectivity index (χ1n) is 6.49. The number of aryl methyl sites for hydroxylation is 2. The van der Waals surface area contributed by atoms with Crippen molar-refractivity contribution in [2.45, 2.75) is 26.3 Å². The van der Waals surface area contributed by atoms with Crippen molar-refractivity contribution >= 4 is 0 Å². The average Bonchev–Trinajstić information content (AvgIpc) is 2.41. The summed E-state index contributed by atoms with van der Waals surface area (Å²) in [6.07, 6.45) is 0.499. The molecule has 4 heteroatoms. The summed E-state index contributed by atoms with van der Waals surface area (Å²) in [5.74, 6) is 3.97. The van der Waals surface area contributed by atoms with E-state index in [-0.39, 0.29) is 6.04 Å². The molecule has 1 atom stereocenters. The van der Waals surface area contributed by atoms with Crippen molar-refractivity contribution in [1.29, 1.82) is 0 Å². The van der Waals surface area contributed by atoms with E-state index in [1.807, 2.05) is 32.0 Å². The molecule has 0 aliphatic rings. The Hall–Kier alpha value is -1.78. The van der Waals surface area contributed by atoms with Crippen LogP contribution < -0.4 is 11.3 Å². The first-order valence-corrected chi connectivity index (χ1v) is 6.49. The molecule has 0 aliphatic carbocycles. The number of halogens is 2. The van der Waals surface area contributed by atoms with Crippen molar-refractivity contribution in [3.63, 3.8) is 0 Å². The molecule has 0 fully saturated rings. The van der Waals surface area contributed by atoms with Crippen LogP contribution in [0.4, 0.5) is 8.78 Å². The van der Waals surface area contributed by atoms with Crippen LogP contribution in [0.2, 0.25) is 0 Å². The summed E-state index contributed by atoms with van der Waals surface area (Å²) in [6.45, 7) is 4.02. The number of hydrazine groups is 1. The molecule has 2 nitrogen and oxygen atoms in total. The van der Waals surface area contributed by atoms with Gasteiger partial charge in [-0.05, 0) is 54.7 Å². The van der Waals surface area contributed by atoms with Gasteiger partial charge in [0.2, 0.25) is 0 Å². The maximum atomic E-state index is 13.3. The van der Waals surface area contributed by atoms with Gasteiger partial charge in [0.25, 0.3) is 0 Å². The summed E-state index contributed by atoms with van der Waals surface area (Å²) in [5, 5.41) is 0. The fourth-order valence-electron chi connectivity index (χ4n) is 2.52. The summed E-state index contributed by atoms with van der Waals surface area (Å²) in [5.41, 5.74) is 6.81. The lowest BCUT2D eigenvalue weighted by molar-refractivity contribution is 0.502. The predicted molar refractivity (Wildman–Crippen MR) is 76.0 cm³/mol. The summed E-state index contributed by atoms with van der Waals surface area (Å²) in [4.78, 5) is 0. The smallest absolute Gasteiger partial charge is 0.159 e. The number of rotatable bonds is 4. The van der Waals surface area contributed by atoms with Crippen LogP contribution in [0.25, 0.3) is 0 Å². The minimum Gasteiger partial charge on any atom is -0.271 e. The quantitative estimate of drug-likeness (QED) is 0.664. The second-order valence-corrected chi connectivity index (χ2v) is 4.98. The zero-order valence-electron chi connectivity index (χ0n) is 11.6. The second kappa shape index (κ2) is 6.11. The largest absolute Gasteiger partial charge is 0.271 e. The number of nitrogens with two attached hydrogens (primary N) is 1. The second-order valence-electron chi connectivity index (χ2n) is 4.98. The highest BCUT2D eigenvalue weighted by Crippen LogP contribution is 2.25. The maximum Gasteiger partial charge on any atom is 0.159 e. The number of benzene rings is 2. The van der Waals surface area contributed by atoms with E-state index in [2.05, 4.69) is 5.43 Å². The van der Waals surface area contributed by atoms with Gasteiger partial charge in [-0.1, -0.05) is 24.3 Å². The molecule has 0 radical (unpaired) electrons. The Kier molecular flexibility index (Phi) is 4.47. The summed E-state index contributed by atoms with van der Waals surface area (Å²) >= 11 is 0. The molecule has 3 N–H and O–H groups in total. The van der Waals surface area contributed by atoms with Gasteiger partial charge in [-0.15, -0.1) is 0 Å². The van der Waals surface area contributed by atoms with E-state index in [1.165, 1.54) is 6.07 Å². The standard InChI is InChI=1S/C16H18F2N2/c1-10-4-3-5-11(2)16(10)15(20-19)9-12-6-7-13(17)14(18)8-12/h3-8,15,20H,9,19H2,1-2H3. The fraction of sp³-hybridized carbons (Fsp3) is 0.250. The SMILES string of the molecule is Cc1cccc(C)c1C(Cc1ccc(F)c(F)c1)NN. The lowest BCUT2D eigenvalue weighted by Gasteiger charge is -2.21. The van der Waals surface area contributed by atoms with Crippen molar-refractivity contribution in [3.8, 4) is 0 Å². The third-order valence-corrected chi connectivity index (χ3v) is 3.52. The van der Waals surface area contributed by atoms with Crippen LogP contribution >= 0.6 is 0 Å². The predicted octanol–water partition coefficient (Wildman–Crippen LogP) is 3.33. The van der Waals surface area contributed by atoms with Gasteiger partial charge in [0.05, 0.1) is 6.04 Å². The van der Waals surface area contributed by atoms with Crippen molar-refractivity contribution in [2.75, 3.05) is 0 Å². The van der Waals surface area contributed by atoms with Crippen molar-refractivity contribution in [3.05, 3.63) is 70.3 Å². The Morgan fingerprint density at radius 1 is 1.05 bits per heavy atom. The van der Waals surface area contributed by atoms with Crippen LogP contribution in [-0.4, -0.2) is 0 Å². The molecule has 0 aliphatic heterocycles. The Morgan fingerprint density at radius 3 is 2.25 bits per heavy atom. The molecule has 2 aromatic carbocycles. The van der Waals surface area contributed by atoms with E-state index in [1.54, 1.807) is 6.07 Å². The molecule has 0 spiro atoms. The minimum absolute atomic E-state index is 0.138. The highest BCUT2D eigenvalue weighted by Gasteiger charge is 2.16. The van der Waals surface area contributed by atoms with E-state index >= 15 is 0 Å². The minimum atomic E-state index is -0.835. The first kappa shape index (κ1) is 14.6. The van der Waals surface area contributed by atoms with Gasteiger partial charge in [-0.3, -0.25) is 11.3 Å². The van der Waals surface area contributed by atoms with Crippen LogP contribution in [0, 0.1) is 25.5 Å². The zero-order chi connectivity index (χ0) is 14.7. The zero-order valence-corrected chi connectivity index (χ0v) is 11.6. The van der Waals surface area contributed by atoms with Crippen LogP contribution in [0.1, 0.15) is 28.3 Å². The van der Waals surface area contributed by atoms with Gasteiger partial charge in [-0.2, -0.15) is 0 Å². The van der Waals surface area contributed by atoms with E-state index in [0.29, 0.717) is 12.0 Å². The highest BCUT2D eigenvalue weighted by atomic mass is 19.2. The van der Waals surface area contributed by atoms with Crippen LogP contribution in [0.5, 0.6) is 0 Å². The highest BCUT2D eigenvalue weighted by molar-refractivity contribution is 5.37. The van der Waals surface area contributed by atoms with Crippen LogP contribution in [0.3, 0.4) is 0 Å². The van der Waals surface area contributed by atoms with E-state index in [9.17, 15) is 8.78 Å². The lowest BCUT2D eigenvalue weighted by Crippen LogP contribution is -2.30. The molecule has 0 bridgehead atoms. The summed E-state index contributed by atoms with van der Waals surface area (Å²) in [6, 6.07) is 9.81. The summed E-state index contributed by atoms with van der Waals surface area (Å²) in [7, 11) is 0. The number of hydrogen-bond donors (Lipinski definition) is 2. The van der Waals surface area contributed by atoms with Crippen LogP contribution in [0.15, 0.2) is 36.4 Å². The topological polar surface area (TPSA) is 38.0 Å². The fourth-order valence-corrected chi connectivity index (χ4v) is 2.52. The first-order chi connectivity index (χ1) is 9.52. The molecular formula is C16H18F2N2. The molecule has 0 saturated heterocycles. The molecule has 0 amide bonds. The maximum absolute atomic E-state index is 13.3. The van der Waals surface area contributed by atoms with Gasteiger partial charge < -0.3 is 0 Å². The number of hydrogen-bond acceptors (Lipinski definition) is 2. The molecule has 0 heterocycles. The number of nitrogens with one attached hydrogen (secondary N) is 1. The van der Waals surface area contributed by atoms with Crippen molar-refractivity contribution in [2.24, 2.45) is 5.84 Å². The normalized spacial score (nSPS) is 12.4. The Labute approximate surface area is 117 Å². The molecule has 20 heavy (non-hydrogen) atoms. The Bertz CT molecular complexity index is 591. The molecule has 0 saturated carbocycles. The van der Waals surface area contributed by atoms with Gasteiger partial charge in [0.15, 0.2) is 11.6 Å². The molecule has 2 aromatic rings. The van der Waals surface area contributed by atoms with Gasteiger partial charge in [0, 0.05) is 0 Å². The molecule has 1 unspecified atom stereocenters. The van der Waals surface area contributed by atoms with E-state index < -0.39 is 11.6 Å². The third-order valence-electron chi connectivity index (χ3n) is 3.52.